The van der Waals surface area contributed by atoms with Gasteiger partial charge in [0.1, 0.15) is 12.2 Å². The standard InChI is InChI=1S/C44H37NO.C38H33NO/c1-29-11-21-37(22-12-29)45(39-25-17-36(18-26-39)44(46)35-7-4-3-5-8-35)38-23-15-31(16-24-38)30(2)40-27-19-34-14-13-32-9-6-10-33-20-28-41(40)43(34)42(32)33;1-27-15-21-33(22-16-27)39(35-25-19-32(20-26-35)38(40)31-10-4-3-5-11-31)34-23-17-29(18-24-34)28(2)36-14-8-12-30-9-6-7-13-37(30)36/h3-9,11-28,30,43-44,46H,10H2,1-2H3;3-26,28,38,40H,1-2H3. The van der Waals surface area contributed by atoms with Crippen LogP contribution < -0.4 is 9.80 Å². The molecule has 0 aliphatic heterocycles. The minimum Gasteiger partial charge on any atom is -0.384 e. The van der Waals surface area contributed by atoms with Crippen molar-refractivity contribution in [3.05, 3.63) is 381 Å². The van der Waals surface area contributed by atoms with Gasteiger partial charge in [0.05, 0.1) is 0 Å². The highest BCUT2D eigenvalue weighted by molar-refractivity contribution is 5.87. The average Bonchev–Trinajstić information content (AvgIpc) is 0.930. The molecule has 0 spiro atoms. The van der Waals surface area contributed by atoms with Crippen LogP contribution in [0.4, 0.5) is 34.1 Å². The van der Waals surface area contributed by atoms with Crippen LogP contribution in [0.15, 0.2) is 331 Å². The predicted octanol–water partition coefficient (Wildman–Crippen LogP) is 20.7. The highest BCUT2D eigenvalue weighted by atomic mass is 16.3. The van der Waals surface area contributed by atoms with Gasteiger partial charge in [0.15, 0.2) is 0 Å². The summed E-state index contributed by atoms with van der Waals surface area (Å²) in [5.74, 6) is 0.868. The molecule has 10 aromatic carbocycles. The van der Waals surface area contributed by atoms with Gasteiger partial charge in [0, 0.05) is 51.9 Å². The van der Waals surface area contributed by atoms with E-state index in [0.29, 0.717) is 5.92 Å². The van der Waals surface area contributed by atoms with Crippen molar-refractivity contribution >= 4 is 44.9 Å². The van der Waals surface area contributed by atoms with Crippen LogP contribution in [0, 0.1) is 19.8 Å². The molecule has 0 bridgehead atoms. The molecule has 0 saturated carbocycles. The number of hydrogen-bond acceptors (Lipinski definition) is 4. The smallest absolute Gasteiger partial charge is 0.104 e. The molecule has 10 aromatic rings. The van der Waals surface area contributed by atoms with Gasteiger partial charge in [-0.05, 0) is 176 Å². The molecule has 14 rings (SSSR count). The summed E-state index contributed by atoms with van der Waals surface area (Å²) >= 11 is 0. The summed E-state index contributed by atoms with van der Waals surface area (Å²) in [6, 6.07) is 86.5. The zero-order valence-electron chi connectivity index (χ0n) is 49.2. The first-order chi connectivity index (χ1) is 42.1. The lowest BCUT2D eigenvalue weighted by Gasteiger charge is -2.38. The van der Waals surface area contributed by atoms with Crippen molar-refractivity contribution in [2.45, 2.75) is 58.2 Å². The number of fused-ring (bicyclic) bond motifs is 1. The maximum atomic E-state index is 11.0. The zero-order valence-corrected chi connectivity index (χ0v) is 49.2. The number of anilines is 6. The lowest BCUT2D eigenvalue weighted by molar-refractivity contribution is 0.220. The van der Waals surface area contributed by atoms with Crippen molar-refractivity contribution in [2.24, 2.45) is 5.92 Å². The minimum absolute atomic E-state index is 0.258. The average molecular weight is 1120 g/mol. The third kappa shape index (κ3) is 11.2. The number of aliphatic hydroxyl groups excluding tert-OH is 2. The molecule has 4 aliphatic rings. The molecule has 0 heterocycles. The molecular formula is C82H70N2O2. The summed E-state index contributed by atoms with van der Waals surface area (Å²) in [4.78, 5) is 4.56. The van der Waals surface area contributed by atoms with Gasteiger partial charge in [0.2, 0.25) is 0 Å². The Bertz CT molecular complexity index is 4280. The molecule has 420 valence electrons. The number of aryl methyl sites for hydroxylation is 2. The number of hydrogen-bond donors (Lipinski definition) is 2. The largest absolute Gasteiger partial charge is 0.384 e. The third-order valence-corrected chi connectivity index (χ3v) is 17.7. The zero-order chi connectivity index (χ0) is 58.7. The molecular weight excluding hydrogens is 1040 g/mol. The first-order valence-corrected chi connectivity index (χ1v) is 30.1. The van der Waals surface area contributed by atoms with E-state index in [0.717, 1.165) is 62.8 Å². The molecule has 2 N–H and O–H groups in total. The van der Waals surface area contributed by atoms with Gasteiger partial charge in [0.25, 0.3) is 0 Å². The van der Waals surface area contributed by atoms with E-state index < -0.39 is 12.2 Å². The second kappa shape index (κ2) is 24.4. The number of aliphatic hydroxyl groups is 2. The fraction of sp³-hybridized carbons (Fsp3) is 0.122. The van der Waals surface area contributed by atoms with E-state index in [-0.39, 0.29) is 11.8 Å². The fourth-order valence-corrected chi connectivity index (χ4v) is 12.9. The maximum Gasteiger partial charge on any atom is 0.104 e. The van der Waals surface area contributed by atoms with Gasteiger partial charge in [-0.15, -0.1) is 0 Å². The van der Waals surface area contributed by atoms with Gasteiger partial charge < -0.3 is 20.0 Å². The Morgan fingerprint density at radius 3 is 1.33 bits per heavy atom. The van der Waals surface area contributed by atoms with E-state index in [9.17, 15) is 10.2 Å². The summed E-state index contributed by atoms with van der Waals surface area (Å²) < 4.78 is 0. The lowest BCUT2D eigenvalue weighted by atomic mass is 9.65. The van der Waals surface area contributed by atoms with Crippen LogP contribution in [0.3, 0.4) is 0 Å². The maximum absolute atomic E-state index is 11.0. The van der Waals surface area contributed by atoms with E-state index in [1.54, 1.807) is 0 Å². The molecule has 86 heavy (non-hydrogen) atoms. The van der Waals surface area contributed by atoms with E-state index >= 15 is 0 Å². The summed E-state index contributed by atoms with van der Waals surface area (Å²) in [6.45, 7) is 8.85. The van der Waals surface area contributed by atoms with Crippen molar-refractivity contribution in [2.75, 3.05) is 9.80 Å². The van der Waals surface area contributed by atoms with Crippen LogP contribution in [-0.4, -0.2) is 10.2 Å². The van der Waals surface area contributed by atoms with Crippen LogP contribution >= 0.6 is 0 Å². The molecule has 0 saturated heterocycles. The molecule has 0 radical (unpaired) electrons. The van der Waals surface area contributed by atoms with E-state index in [2.05, 4.69) is 250 Å². The van der Waals surface area contributed by atoms with Gasteiger partial charge in [-0.3, -0.25) is 0 Å². The first-order valence-electron chi connectivity index (χ1n) is 30.1. The molecule has 4 heteroatoms. The molecule has 5 unspecified atom stereocenters. The third-order valence-electron chi connectivity index (χ3n) is 17.7. The second-order valence-electron chi connectivity index (χ2n) is 23.2. The molecule has 0 aromatic heterocycles. The minimum atomic E-state index is -0.660. The summed E-state index contributed by atoms with van der Waals surface area (Å²) in [7, 11) is 0. The Kier molecular flexibility index (Phi) is 15.7. The van der Waals surface area contributed by atoms with Gasteiger partial charge in [-0.1, -0.05) is 250 Å². The Morgan fingerprint density at radius 1 is 0.384 bits per heavy atom. The highest BCUT2D eigenvalue weighted by Gasteiger charge is 2.36. The van der Waals surface area contributed by atoms with Crippen molar-refractivity contribution in [1.82, 2.24) is 0 Å². The highest BCUT2D eigenvalue weighted by Crippen LogP contribution is 2.51. The van der Waals surface area contributed by atoms with Crippen LogP contribution in [0.25, 0.3) is 10.8 Å². The molecule has 0 fully saturated rings. The van der Waals surface area contributed by atoms with Crippen LogP contribution in [0.2, 0.25) is 0 Å². The van der Waals surface area contributed by atoms with E-state index in [4.69, 9.17) is 0 Å². The Hall–Kier alpha value is -9.84. The van der Waals surface area contributed by atoms with Crippen LogP contribution in [0.5, 0.6) is 0 Å². The Labute approximate surface area is 507 Å². The normalized spacial score (nSPS) is 16.0. The topological polar surface area (TPSA) is 46.9 Å². The molecule has 4 aliphatic carbocycles. The fourth-order valence-electron chi connectivity index (χ4n) is 12.9. The van der Waals surface area contributed by atoms with Gasteiger partial charge in [-0.25, -0.2) is 0 Å². The molecule has 5 atom stereocenters. The number of rotatable bonds is 14. The Morgan fingerprint density at radius 2 is 0.814 bits per heavy atom. The van der Waals surface area contributed by atoms with Crippen LogP contribution in [-0.2, 0) is 0 Å². The SMILES string of the molecule is Cc1ccc(N(c2ccc(C(C)C3=CC=C4C=CC5=C6C(=CC=C3C46)CC=C5)cc2)c2ccc(C(O)c3ccccc3)cc2)cc1.Cc1ccc(N(c2ccc(C(C)c3cccc4ccccc34)cc2)c2ccc(C(O)c3ccccc3)cc2)cc1. The van der Waals surface area contributed by atoms with Crippen molar-refractivity contribution in [3.8, 4) is 0 Å². The Balaban J connectivity index is 0.000000161. The van der Waals surface area contributed by atoms with Crippen molar-refractivity contribution in [1.29, 1.82) is 0 Å². The monoisotopic (exact) mass is 1110 g/mol. The summed E-state index contributed by atoms with van der Waals surface area (Å²) in [5, 5.41) is 24.5. The quantitative estimate of drug-likeness (QED) is 0.114. The second-order valence-corrected chi connectivity index (χ2v) is 23.2. The summed E-state index contributed by atoms with van der Waals surface area (Å²) in [6.07, 6.45) is 18.3. The lowest BCUT2D eigenvalue weighted by Crippen LogP contribution is -2.24. The molecule has 4 nitrogen and oxygen atoms in total. The first kappa shape index (κ1) is 55.4. The van der Waals surface area contributed by atoms with Gasteiger partial charge in [-0.2, -0.15) is 0 Å². The number of nitrogens with zero attached hydrogens (tertiary/aromatic N) is 2. The van der Waals surface area contributed by atoms with E-state index in [1.807, 2.05) is 84.9 Å². The summed E-state index contributed by atoms with van der Waals surface area (Å²) in [5.41, 5.74) is 24.9. The van der Waals surface area contributed by atoms with Crippen LogP contribution in [0.1, 0.15) is 94.4 Å². The van der Waals surface area contributed by atoms with Crippen molar-refractivity contribution in [3.63, 3.8) is 0 Å². The van der Waals surface area contributed by atoms with Gasteiger partial charge >= 0.3 is 0 Å². The van der Waals surface area contributed by atoms with Crippen molar-refractivity contribution < 1.29 is 10.2 Å². The van der Waals surface area contributed by atoms with E-state index in [1.165, 1.54) is 72.0 Å². The molecule has 0 amide bonds. The number of benzene rings is 10. The predicted molar refractivity (Wildman–Crippen MR) is 358 cm³/mol. The number of allylic oxidation sites excluding steroid dienone is 14.